The summed E-state index contributed by atoms with van der Waals surface area (Å²) >= 11 is 0. The van der Waals surface area contributed by atoms with E-state index in [1.807, 2.05) is 0 Å². The number of aromatic amines is 1. The van der Waals surface area contributed by atoms with Crippen molar-refractivity contribution in [3.8, 4) is 11.1 Å². The van der Waals surface area contributed by atoms with Crippen LogP contribution in [0, 0.1) is 0 Å². The molecule has 18 heavy (non-hydrogen) atoms. The standard InChI is InChI=1S/C11H8F3N3O/c12-11(13,14)7-3-1-6(2-4-7)8-5-16-17-10(18)9(8)15/h1-5H,(H2,15,16)(H,17,18). The van der Waals surface area contributed by atoms with Gasteiger partial charge in [0.05, 0.1) is 11.8 Å². The minimum atomic E-state index is -4.39. The van der Waals surface area contributed by atoms with Crippen LogP contribution in [-0.2, 0) is 6.18 Å². The van der Waals surface area contributed by atoms with Gasteiger partial charge >= 0.3 is 6.18 Å². The van der Waals surface area contributed by atoms with Gasteiger partial charge in [-0.25, -0.2) is 5.10 Å². The predicted octanol–water partition coefficient (Wildman–Crippen LogP) is 2.04. The first kappa shape index (κ1) is 12.2. The molecule has 1 aromatic heterocycles. The fourth-order valence-corrected chi connectivity index (χ4v) is 1.48. The van der Waals surface area contributed by atoms with Gasteiger partial charge < -0.3 is 5.73 Å². The van der Waals surface area contributed by atoms with Gasteiger partial charge in [0.1, 0.15) is 5.69 Å². The van der Waals surface area contributed by atoms with Gasteiger partial charge in [0, 0.05) is 5.56 Å². The molecule has 0 fully saturated rings. The molecular formula is C11H8F3N3O. The largest absolute Gasteiger partial charge is 0.416 e. The number of rotatable bonds is 1. The van der Waals surface area contributed by atoms with Gasteiger partial charge in [0.15, 0.2) is 0 Å². The van der Waals surface area contributed by atoms with Crippen molar-refractivity contribution in [3.63, 3.8) is 0 Å². The van der Waals surface area contributed by atoms with Crippen molar-refractivity contribution in [3.05, 3.63) is 46.4 Å². The van der Waals surface area contributed by atoms with Gasteiger partial charge in [-0.3, -0.25) is 4.79 Å². The van der Waals surface area contributed by atoms with Crippen molar-refractivity contribution >= 4 is 5.69 Å². The van der Waals surface area contributed by atoms with E-state index in [-0.39, 0.29) is 5.69 Å². The molecule has 0 bridgehead atoms. The van der Waals surface area contributed by atoms with Crippen LogP contribution in [0.4, 0.5) is 18.9 Å². The third-order valence-corrected chi connectivity index (χ3v) is 2.42. The Labute approximate surface area is 99.3 Å². The highest BCUT2D eigenvalue weighted by molar-refractivity contribution is 5.74. The molecule has 1 aromatic carbocycles. The molecule has 0 saturated heterocycles. The number of halogens is 3. The Morgan fingerprint density at radius 1 is 1.17 bits per heavy atom. The predicted molar refractivity (Wildman–Crippen MR) is 59.7 cm³/mol. The molecule has 0 aliphatic carbocycles. The molecule has 3 N–H and O–H groups in total. The van der Waals surface area contributed by atoms with Crippen LogP contribution < -0.4 is 11.3 Å². The number of hydrogen-bond donors (Lipinski definition) is 2. The number of nitrogens with zero attached hydrogens (tertiary/aromatic N) is 1. The molecule has 0 aliphatic rings. The number of H-pyrrole nitrogens is 1. The zero-order valence-corrected chi connectivity index (χ0v) is 8.95. The van der Waals surface area contributed by atoms with Crippen LogP contribution in [0.15, 0.2) is 35.3 Å². The van der Waals surface area contributed by atoms with Gasteiger partial charge in [-0.2, -0.15) is 18.3 Å². The first-order chi connectivity index (χ1) is 8.39. The minimum absolute atomic E-state index is 0.0789. The molecule has 94 valence electrons. The van der Waals surface area contributed by atoms with Crippen molar-refractivity contribution in [1.82, 2.24) is 10.2 Å². The number of aromatic nitrogens is 2. The summed E-state index contributed by atoms with van der Waals surface area (Å²) in [6, 6.07) is 4.34. The molecule has 2 rings (SSSR count). The van der Waals surface area contributed by atoms with E-state index >= 15 is 0 Å². The molecule has 0 aliphatic heterocycles. The number of nitrogen functional groups attached to an aromatic ring is 1. The lowest BCUT2D eigenvalue weighted by Crippen LogP contribution is -2.14. The van der Waals surface area contributed by atoms with E-state index < -0.39 is 17.3 Å². The highest BCUT2D eigenvalue weighted by Crippen LogP contribution is 2.31. The van der Waals surface area contributed by atoms with E-state index in [4.69, 9.17) is 5.73 Å². The van der Waals surface area contributed by atoms with Gasteiger partial charge in [-0.1, -0.05) is 12.1 Å². The second kappa shape index (κ2) is 4.17. The number of alkyl halides is 3. The Bertz CT molecular complexity index is 617. The molecule has 0 radical (unpaired) electrons. The van der Waals surface area contributed by atoms with Crippen molar-refractivity contribution in [2.24, 2.45) is 0 Å². The van der Waals surface area contributed by atoms with Crippen LogP contribution in [0.25, 0.3) is 11.1 Å². The zero-order chi connectivity index (χ0) is 13.3. The number of anilines is 1. The fourth-order valence-electron chi connectivity index (χ4n) is 1.48. The van der Waals surface area contributed by atoms with E-state index in [0.717, 1.165) is 12.1 Å². The Kier molecular flexibility index (Phi) is 2.82. The first-order valence-electron chi connectivity index (χ1n) is 4.90. The Hall–Kier alpha value is -2.31. The third kappa shape index (κ3) is 2.20. The summed E-state index contributed by atoms with van der Waals surface area (Å²) in [6.45, 7) is 0. The molecular weight excluding hydrogens is 247 g/mol. The summed E-state index contributed by atoms with van der Waals surface area (Å²) in [5, 5.41) is 5.69. The van der Waals surface area contributed by atoms with Gasteiger partial charge in [-0.05, 0) is 17.7 Å². The van der Waals surface area contributed by atoms with Gasteiger partial charge in [0.2, 0.25) is 0 Å². The summed E-state index contributed by atoms with van der Waals surface area (Å²) in [4.78, 5) is 11.2. The second-order valence-electron chi connectivity index (χ2n) is 3.60. The quantitative estimate of drug-likeness (QED) is 0.819. The monoisotopic (exact) mass is 255 g/mol. The first-order valence-corrected chi connectivity index (χ1v) is 4.90. The van der Waals surface area contributed by atoms with Gasteiger partial charge in [0.25, 0.3) is 5.56 Å². The maximum Gasteiger partial charge on any atom is 0.416 e. The van der Waals surface area contributed by atoms with Crippen LogP contribution in [0.2, 0.25) is 0 Å². The highest BCUT2D eigenvalue weighted by atomic mass is 19.4. The maximum atomic E-state index is 12.4. The summed E-state index contributed by atoms with van der Waals surface area (Å²) in [5.74, 6) is 0. The molecule has 0 saturated carbocycles. The number of nitrogens with two attached hydrogens (primary N) is 1. The molecule has 0 spiro atoms. The van der Waals surface area contributed by atoms with E-state index in [2.05, 4.69) is 10.2 Å². The van der Waals surface area contributed by atoms with E-state index in [1.165, 1.54) is 18.3 Å². The van der Waals surface area contributed by atoms with E-state index in [0.29, 0.717) is 11.1 Å². The fraction of sp³-hybridized carbons (Fsp3) is 0.0909. The topological polar surface area (TPSA) is 71.8 Å². The second-order valence-corrected chi connectivity index (χ2v) is 3.60. The maximum absolute atomic E-state index is 12.4. The molecule has 1 heterocycles. The van der Waals surface area contributed by atoms with Crippen molar-refractivity contribution in [2.75, 3.05) is 5.73 Å². The molecule has 2 aromatic rings. The molecule has 0 amide bonds. The van der Waals surface area contributed by atoms with E-state index in [1.54, 1.807) is 0 Å². The summed E-state index contributed by atoms with van der Waals surface area (Å²) < 4.78 is 37.1. The smallest absolute Gasteiger partial charge is 0.394 e. The average molecular weight is 255 g/mol. The Balaban J connectivity index is 2.47. The van der Waals surface area contributed by atoms with Crippen LogP contribution >= 0.6 is 0 Å². The Morgan fingerprint density at radius 3 is 2.33 bits per heavy atom. The van der Waals surface area contributed by atoms with Crippen LogP contribution in [0.5, 0.6) is 0 Å². The number of benzene rings is 1. The van der Waals surface area contributed by atoms with Crippen molar-refractivity contribution < 1.29 is 13.2 Å². The lowest BCUT2D eigenvalue weighted by atomic mass is 10.0. The Morgan fingerprint density at radius 2 is 1.78 bits per heavy atom. The lowest BCUT2D eigenvalue weighted by Gasteiger charge is -2.08. The molecule has 4 nitrogen and oxygen atoms in total. The third-order valence-electron chi connectivity index (χ3n) is 2.42. The van der Waals surface area contributed by atoms with Crippen LogP contribution in [0.1, 0.15) is 5.56 Å². The van der Waals surface area contributed by atoms with Crippen molar-refractivity contribution in [2.45, 2.75) is 6.18 Å². The normalized spacial score (nSPS) is 11.5. The highest BCUT2D eigenvalue weighted by Gasteiger charge is 2.30. The number of hydrogen-bond acceptors (Lipinski definition) is 3. The summed E-state index contributed by atoms with van der Waals surface area (Å²) in [7, 11) is 0. The average Bonchev–Trinajstić information content (AvgIpc) is 2.32. The molecule has 7 heteroatoms. The SMILES string of the molecule is Nc1c(-c2ccc(C(F)(F)F)cc2)cn[nH]c1=O. The van der Waals surface area contributed by atoms with Crippen LogP contribution in [-0.4, -0.2) is 10.2 Å². The molecule has 0 unspecified atom stereocenters. The van der Waals surface area contributed by atoms with Gasteiger partial charge in [-0.15, -0.1) is 0 Å². The summed E-state index contributed by atoms with van der Waals surface area (Å²) in [6.07, 6.45) is -3.10. The molecule has 0 atom stereocenters. The minimum Gasteiger partial charge on any atom is -0.394 e. The zero-order valence-electron chi connectivity index (χ0n) is 8.95. The van der Waals surface area contributed by atoms with E-state index in [9.17, 15) is 18.0 Å². The lowest BCUT2D eigenvalue weighted by molar-refractivity contribution is -0.137. The van der Waals surface area contributed by atoms with Crippen molar-refractivity contribution in [1.29, 1.82) is 0 Å². The number of nitrogens with one attached hydrogen (secondary N) is 1. The summed E-state index contributed by atoms with van der Waals surface area (Å²) in [5.41, 5.74) is 4.82. The van der Waals surface area contributed by atoms with Crippen LogP contribution in [0.3, 0.4) is 0 Å².